The van der Waals surface area contributed by atoms with Crippen LogP contribution >= 0.6 is 22.6 Å². The van der Waals surface area contributed by atoms with Crippen LogP contribution in [0.2, 0.25) is 0 Å². The summed E-state index contributed by atoms with van der Waals surface area (Å²) in [4.78, 5) is 12.3. The first-order chi connectivity index (χ1) is 15.9. The van der Waals surface area contributed by atoms with Gasteiger partial charge in [-0.1, -0.05) is 29.8 Å². The molecule has 0 radical (unpaired) electrons. The van der Waals surface area contributed by atoms with Gasteiger partial charge < -0.3 is 14.8 Å². The van der Waals surface area contributed by atoms with Crippen molar-refractivity contribution in [2.75, 3.05) is 18.5 Å². The number of benzene rings is 3. The molecule has 0 atom stereocenters. The van der Waals surface area contributed by atoms with E-state index in [1.165, 1.54) is 12.1 Å². The molecule has 0 spiro atoms. The minimum Gasteiger partial charge on any atom is -0.490 e. The van der Waals surface area contributed by atoms with E-state index in [-0.39, 0.29) is 12.5 Å². The maximum absolute atomic E-state index is 13.6. The van der Waals surface area contributed by atoms with Gasteiger partial charge in [0.25, 0.3) is 5.91 Å². The van der Waals surface area contributed by atoms with Crippen LogP contribution in [0.4, 0.5) is 10.1 Å². The van der Waals surface area contributed by atoms with Crippen molar-refractivity contribution < 1.29 is 18.7 Å². The van der Waals surface area contributed by atoms with Crippen molar-refractivity contribution >= 4 is 45.8 Å². The van der Waals surface area contributed by atoms with Crippen molar-refractivity contribution in [1.29, 1.82) is 5.26 Å². The number of rotatable bonds is 8. The molecule has 0 aliphatic carbocycles. The maximum Gasteiger partial charge on any atom is 0.262 e. The Morgan fingerprint density at radius 3 is 2.58 bits per heavy atom. The number of nitrogens with one attached hydrogen (secondary N) is 1. The smallest absolute Gasteiger partial charge is 0.262 e. The summed E-state index contributed by atoms with van der Waals surface area (Å²) in [6.45, 7) is 4.02. The summed E-state index contributed by atoms with van der Waals surface area (Å²) >= 11 is 2.10. The SMILES string of the molecule is CCOc1cc(/C=C(/C#N)c2cccc(F)c2)cc(I)c1OCC(=O)Nc1ccc(C)cc1. The molecule has 1 amide bonds. The first-order valence-corrected chi connectivity index (χ1v) is 11.3. The molecule has 1 N–H and O–H groups in total. The van der Waals surface area contributed by atoms with Gasteiger partial charge in [-0.25, -0.2) is 4.39 Å². The van der Waals surface area contributed by atoms with Gasteiger partial charge in [-0.3, -0.25) is 4.79 Å². The molecule has 5 nitrogen and oxygen atoms in total. The third-order valence-electron chi connectivity index (χ3n) is 4.58. The Morgan fingerprint density at radius 2 is 1.91 bits per heavy atom. The Kier molecular flexibility index (Phi) is 8.44. The summed E-state index contributed by atoms with van der Waals surface area (Å²) in [7, 11) is 0. The lowest BCUT2D eigenvalue weighted by atomic mass is 10.0. The van der Waals surface area contributed by atoms with Crippen molar-refractivity contribution in [2.24, 2.45) is 0 Å². The van der Waals surface area contributed by atoms with Crippen LogP contribution in [0.25, 0.3) is 11.6 Å². The second kappa shape index (κ2) is 11.5. The molecule has 0 aliphatic heterocycles. The minimum atomic E-state index is -0.411. The van der Waals surface area contributed by atoms with E-state index in [0.29, 0.717) is 44.1 Å². The van der Waals surface area contributed by atoms with Crippen molar-refractivity contribution in [3.8, 4) is 17.6 Å². The molecule has 0 aromatic heterocycles. The number of hydrogen-bond donors (Lipinski definition) is 1. The van der Waals surface area contributed by atoms with Gasteiger partial charge in [0.05, 0.1) is 21.8 Å². The number of amides is 1. The predicted octanol–water partition coefficient (Wildman–Crippen LogP) is 6.22. The maximum atomic E-state index is 13.6. The fraction of sp³-hybridized carbons (Fsp3) is 0.154. The highest BCUT2D eigenvalue weighted by atomic mass is 127. The van der Waals surface area contributed by atoms with Crippen LogP contribution in [0.1, 0.15) is 23.6 Å². The second-order valence-electron chi connectivity index (χ2n) is 7.15. The Bertz CT molecular complexity index is 1220. The standard InChI is InChI=1S/C26H22FIN2O3/c1-3-32-24-13-18(11-20(15-29)19-5-4-6-21(27)14-19)12-23(28)26(24)33-16-25(31)30-22-9-7-17(2)8-10-22/h4-14H,3,16H2,1-2H3,(H,30,31)/b20-11-. The summed E-state index contributed by atoms with van der Waals surface area (Å²) in [5.74, 6) is 0.193. The second-order valence-corrected chi connectivity index (χ2v) is 8.31. The van der Waals surface area contributed by atoms with Gasteiger partial charge >= 0.3 is 0 Å². The average Bonchev–Trinajstić information content (AvgIpc) is 2.78. The van der Waals surface area contributed by atoms with Crippen molar-refractivity contribution in [1.82, 2.24) is 0 Å². The number of ether oxygens (including phenoxy) is 2. The zero-order valence-electron chi connectivity index (χ0n) is 18.2. The summed E-state index contributed by atoms with van der Waals surface area (Å²) in [5, 5.41) is 12.4. The fourth-order valence-corrected chi connectivity index (χ4v) is 3.83. The van der Waals surface area contributed by atoms with Crippen LogP contribution < -0.4 is 14.8 Å². The molecule has 0 bridgehead atoms. The number of aryl methyl sites for hydroxylation is 1. The number of hydrogen-bond acceptors (Lipinski definition) is 4. The van der Waals surface area contributed by atoms with Crippen LogP contribution in [-0.2, 0) is 4.79 Å². The van der Waals surface area contributed by atoms with Gasteiger partial charge in [0.15, 0.2) is 18.1 Å². The lowest BCUT2D eigenvalue weighted by Crippen LogP contribution is -2.20. The van der Waals surface area contributed by atoms with Crippen LogP contribution in [0.15, 0.2) is 60.7 Å². The highest BCUT2D eigenvalue weighted by Crippen LogP contribution is 2.35. The number of nitriles is 1. The van der Waals surface area contributed by atoms with E-state index in [4.69, 9.17) is 9.47 Å². The summed E-state index contributed by atoms with van der Waals surface area (Å²) < 4.78 is 25.8. The molecule has 7 heteroatoms. The van der Waals surface area contributed by atoms with E-state index in [1.807, 2.05) is 44.2 Å². The predicted molar refractivity (Wildman–Crippen MR) is 136 cm³/mol. The highest BCUT2D eigenvalue weighted by molar-refractivity contribution is 14.1. The molecule has 168 valence electrons. The van der Waals surface area contributed by atoms with E-state index in [9.17, 15) is 14.4 Å². The number of carbonyl (C=O) groups is 1. The number of halogens is 2. The Balaban J connectivity index is 1.81. The highest BCUT2D eigenvalue weighted by Gasteiger charge is 2.14. The van der Waals surface area contributed by atoms with Gasteiger partial charge in [-0.2, -0.15) is 5.26 Å². The molecule has 33 heavy (non-hydrogen) atoms. The molecule has 0 unspecified atom stereocenters. The van der Waals surface area contributed by atoms with Gasteiger partial charge in [0, 0.05) is 5.69 Å². The third kappa shape index (κ3) is 6.80. The Hall–Kier alpha value is -3.38. The molecule has 3 aromatic rings. The van der Waals surface area contributed by atoms with Crippen molar-refractivity contribution in [2.45, 2.75) is 13.8 Å². The minimum absolute atomic E-state index is 0.189. The van der Waals surface area contributed by atoms with E-state index in [1.54, 1.807) is 24.3 Å². The quantitative estimate of drug-likeness (QED) is 0.203. The van der Waals surface area contributed by atoms with Crippen molar-refractivity contribution in [3.05, 3.63) is 86.7 Å². The van der Waals surface area contributed by atoms with Gasteiger partial charge in [0.1, 0.15) is 5.82 Å². The zero-order chi connectivity index (χ0) is 23.8. The van der Waals surface area contributed by atoms with E-state index < -0.39 is 5.82 Å². The summed E-state index contributed by atoms with van der Waals surface area (Å²) in [5.41, 5.74) is 3.29. The number of anilines is 1. The molecule has 3 rings (SSSR count). The summed E-state index contributed by atoms with van der Waals surface area (Å²) in [6.07, 6.45) is 1.66. The van der Waals surface area contributed by atoms with Crippen LogP contribution in [0.5, 0.6) is 11.5 Å². The molecular weight excluding hydrogens is 534 g/mol. The average molecular weight is 556 g/mol. The fourth-order valence-electron chi connectivity index (χ4n) is 3.05. The molecule has 0 aliphatic rings. The monoisotopic (exact) mass is 556 g/mol. The number of carbonyl (C=O) groups excluding carboxylic acids is 1. The lowest BCUT2D eigenvalue weighted by molar-refractivity contribution is -0.118. The van der Waals surface area contributed by atoms with Crippen LogP contribution in [0.3, 0.4) is 0 Å². The van der Waals surface area contributed by atoms with E-state index in [2.05, 4.69) is 34.0 Å². The van der Waals surface area contributed by atoms with E-state index in [0.717, 1.165) is 5.56 Å². The molecule has 0 heterocycles. The van der Waals surface area contributed by atoms with E-state index >= 15 is 0 Å². The van der Waals surface area contributed by atoms with Gasteiger partial charge in [0.2, 0.25) is 0 Å². The third-order valence-corrected chi connectivity index (χ3v) is 5.38. The first kappa shape index (κ1) is 24.3. The molecular formula is C26H22FIN2O3. The zero-order valence-corrected chi connectivity index (χ0v) is 20.4. The normalized spacial score (nSPS) is 10.9. The molecule has 0 fully saturated rings. The van der Waals surface area contributed by atoms with Gasteiger partial charge in [-0.15, -0.1) is 0 Å². The largest absolute Gasteiger partial charge is 0.490 e. The molecule has 0 saturated heterocycles. The number of nitrogens with zero attached hydrogens (tertiary/aromatic N) is 1. The Labute approximate surface area is 206 Å². The molecule has 3 aromatic carbocycles. The van der Waals surface area contributed by atoms with Crippen LogP contribution in [-0.4, -0.2) is 19.1 Å². The summed E-state index contributed by atoms with van der Waals surface area (Å²) in [6, 6.07) is 19.0. The van der Waals surface area contributed by atoms with Gasteiger partial charge in [-0.05, 0) is 90.0 Å². The molecule has 0 saturated carbocycles. The Morgan fingerprint density at radius 1 is 1.15 bits per heavy atom. The lowest BCUT2D eigenvalue weighted by Gasteiger charge is -2.15. The van der Waals surface area contributed by atoms with Crippen molar-refractivity contribution in [3.63, 3.8) is 0 Å². The number of allylic oxidation sites excluding steroid dienone is 1. The van der Waals surface area contributed by atoms with Crippen LogP contribution in [0, 0.1) is 27.6 Å². The topological polar surface area (TPSA) is 71.3 Å². The first-order valence-electron chi connectivity index (χ1n) is 10.2.